The molecule has 0 unspecified atom stereocenters. The molecule has 6 nitrogen and oxygen atoms in total. The number of aromatic nitrogens is 2. The average molecular weight is 350 g/mol. The maximum atomic E-state index is 5.37. The minimum atomic E-state index is 0.776. The summed E-state index contributed by atoms with van der Waals surface area (Å²) in [6.45, 7) is 9.53. The van der Waals surface area contributed by atoms with Crippen LogP contribution in [0.1, 0.15) is 57.5 Å². The number of fused-ring (bicyclic) bond motifs is 1. The molecule has 0 bridgehead atoms. The SMILES string of the molecule is CCCCNC(=NCCCOCC)NCCc1cn2c(n1)CCCC2. The van der Waals surface area contributed by atoms with Crippen molar-refractivity contribution in [3.63, 3.8) is 0 Å². The number of nitrogens with one attached hydrogen (secondary N) is 2. The van der Waals surface area contributed by atoms with Crippen LogP contribution in [0.5, 0.6) is 0 Å². The van der Waals surface area contributed by atoms with Gasteiger partial charge in [0.25, 0.3) is 0 Å². The molecule has 0 spiro atoms. The van der Waals surface area contributed by atoms with E-state index in [0.29, 0.717) is 0 Å². The number of hydrogen-bond acceptors (Lipinski definition) is 3. The molecular weight excluding hydrogens is 314 g/mol. The van der Waals surface area contributed by atoms with Gasteiger partial charge in [-0.25, -0.2) is 4.98 Å². The van der Waals surface area contributed by atoms with Crippen LogP contribution in [0.3, 0.4) is 0 Å². The molecule has 1 aliphatic heterocycles. The van der Waals surface area contributed by atoms with Gasteiger partial charge in [0, 0.05) is 58.4 Å². The fourth-order valence-electron chi connectivity index (χ4n) is 2.96. The second-order valence-corrected chi connectivity index (χ2v) is 6.54. The first kappa shape index (κ1) is 19.8. The predicted octanol–water partition coefficient (Wildman–Crippen LogP) is 2.52. The van der Waals surface area contributed by atoms with Crippen LogP contribution < -0.4 is 10.6 Å². The monoisotopic (exact) mass is 349 g/mol. The molecule has 0 radical (unpaired) electrons. The Morgan fingerprint density at radius 3 is 2.92 bits per heavy atom. The van der Waals surface area contributed by atoms with Crippen LogP contribution in [0, 0.1) is 0 Å². The number of hydrogen-bond donors (Lipinski definition) is 2. The smallest absolute Gasteiger partial charge is 0.191 e. The van der Waals surface area contributed by atoms with Crippen molar-refractivity contribution in [3.05, 3.63) is 17.7 Å². The van der Waals surface area contributed by atoms with E-state index in [4.69, 9.17) is 9.72 Å². The largest absolute Gasteiger partial charge is 0.382 e. The zero-order chi connectivity index (χ0) is 17.7. The van der Waals surface area contributed by atoms with Crippen LogP contribution in [-0.4, -0.2) is 48.4 Å². The Hall–Kier alpha value is -1.56. The predicted molar refractivity (Wildman–Crippen MR) is 103 cm³/mol. The van der Waals surface area contributed by atoms with Crippen molar-refractivity contribution in [1.29, 1.82) is 0 Å². The second kappa shape index (κ2) is 11.9. The summed E-state index contributed by atoms with van der Waals surface area (Å²) in [5.74, 6) is 2.17. The Kier molecular flexibility index (Phi) is 9.41. The quantitative estimate of drug-likeness (QED) is 0.366. The molecule has 6 heteroatoms. The van der Waals surface area contributed by atoms with E-state index >= 15 is 0 Å². The first-order valence-corrected chi connectivity index (χ1v) is 9.98. The molecule has 0 saturated heterocycles. The highest BCUT2D eigenvalue weighted by molar-refractivity contribution is 5.79. The van der Waals surface area contributed by atoms with Gasteiger partial charge in [0.05, 0.1) is 5.69 Å². The van der Waals surface area contributed by atoms with Crippen molar-refractivity contribution >= 4 is 5.96 Å². The summed E-state index contributed by atoms with van der Waals surface area (Å²) in [6, 6.07) is 0. The van der Waals surface area contributed by atoms with Gasteiger partial charge in [0.15, 0.2) is 5.96 Å². The lowest BCUT2D eigenvalue weighted by atomic mass is 10.2. The fraction of sp³-hybridized carbons (Fsp3) is 0.789. The Labute approximate surface area is 152 Å². The maximum Gasteiger partial charge on any atom is 0.191 e. The van der Waals surface area contributed by atoms with Gasteiger partial charge in [-0.1, -0.05) is 13.3 Å². The van der Waals surface area contributed by atoms with Crippen molar-refractivity contribution in [3.8, 4) is 0 Å². The van der Waals surface area contributed by atoms with Crippen molar-refractivity contribution in [1.82, 2.24) is 20.2 Å². The van der Waals surface area contributed by atoms with Crippen molar-refractivity contribution in [2.24, 2.45) is 4.99 Å². The molecule has 0 saturated carbocycles. The molecule has 1 aromatic heterocycles. The number of ether oxygens (including phenoxy) is 1. The molecule has 0 aromatic carbocycles. The molecule has 0 fully saturated rings. The van der Waals surface area contributed by atoms with Crippen LogP contribution >= 0.6 is 0 Å². The maximum absolute atomic E-state index is 5.37. The highest BCUT2D eigenvalue weighted by Crippen LogP contribution is 2.14. The second-order valence-electron chi connectivity index (χ2n) is 6.54. The summed E-state index contributed by atoms with van der Waals surface area (Å²) < 4.78 is 7.69. The number of rotatable bonds is 11. The third-order valence-corrected chi connectivity index (χ3v) is 4.38. The van der Waals surface area contributed by atoms with Crippen LogP contribution in [0.25, 0.3) is 0 Å². The zero-order valence-corrected chi connectivity index (χ0v) is 16.0. The van der Waals surface area contributed by atoms with E-state index in [1.165, 1.54) is 30.8 Å². The van der Waals surface area contributed by atoms with E-state index in [2.05, 4.69) is 33.3 Å². The van der Waals surface area contributed by atoms with Crippen molar-refractivity contribution < 1.29 is 4.74 Å². The highest BCUT2D eigenvalue weighted by atomic mass is 16.5. The van der Waals surface area contributed by atoms with Gasteiger partial charge in [0.2, 0.25) is 0 Å². The Bertz CT molecular complexity index is 488. The molecule has 2 heterocycles. The Balaban J connectivity index is 1.75. The standard InChI is InChI=1S/C19H35N5O/c1-3-5-11-20-19(21-12-8-15-25-4-2)22-13-10-17-16-24-14-7-6-9-18(24)23-17/h16H,3-15H2,1-2H3,(H2,20,21,22). The summed E-state index contributed by atoms with van der Waals surface area (Å²) >= 11 is 0. The fourth-order valence-corrected chi connectivity index (χ4v) is 2.96. The van der Waals surface area contributed by atoms with E-state index in [0.717, 1.165) is 71.0 Å². The van der Waals surface area contributed by atoms with E-state index < -0.39 is 0 Å². The van der Waals surface area contributed by atoms with E-state index in [-0.39, 0.29) is 0 Å². The molecule has 1 aliphatic rings. The van der Waals surface area contributed by atoms with Crippen LogP contribution in [-0.2, 0) is 24.1 Å². The van der Waals surface area contributed by atoms with Gasteiger partial charge in [-0.3, -0.25) is 4.99 Å². The van der Waals surface area contributed by atoms with Gasteiger partial charge in [0.1, 0.15) is 5.82 Å². The number of unbranched alkanes of at least 4 members (excludes halogenated alkanes) is 1. The van der Waals surface area contributed by atoms with Gasteiger partial charge < -0.3 is 19.9 Å². The van der Waals surface area contributed by atoms with Gasteiger partial charge in [-0.05, 0) is 32.6 Å². The molecule has 25 heavy (non-hydrogen) atoms. The van der Waals surface area contributed by atoms with Crippen LogP contribution in [0.15, 0.2) is 11.2 Å². The Morgan fingerprint density at radius 2 is 2.12 bits per heavy atom. The summed E-state index contributed by atoms with van der Waals surface area (Å²) in [6.07, 6.45) is 10.1. The molecule has 0 amide bonds. The van der Waals surface area contributed by atoms with Crippen LogP contribution in [0.2, 0.25) is 0 Å². The topological polar surface area (TPSA) is 63.5 Å². The zero-order valence-electron chi connectivity index (χ0n) is 16.0. The number of nitrogens with zero attached hydrogens (tertiary/aromatic N) is 3. The summed E-state index contributed by atoms with van der Waals surface area (Å²) in [7, 11) is 0. The number of aryl methyl sites for hydroxylation is 2. The normalized spacial score (nSPS) is 14.4. The van der Waals surface area contributed by atoms with Crippen molar-refractivity contribution in [2.75, 3.05) is 32.8 Å². The first-order valence-electron chi connectivity index (χ1n) is 9.98. The van der Waals surface area contributed by atoms with Gasteiger partial charge in [-0.2, -0.15) is 0 Å². The highest BCUT2D eigenvalue weighted by Gasteiger charge is 2.11. The molecule has 2 N–H and O–H groups in total. The third kappa shape index (κ3) is 7.46. The molecule has 1 aromatic rings. The number of imidazole rings is 1. The molecule has 2 rings (SSSR count). The van der Waals surface area contributed by atoms with Gasteiger partial charge >= 0.3 is 0 Å². The molecule has 0 atom stereocenters. The van der Waals surface area contributed by atoms with Crippen LogP contribution in [0.4, 0.5) is 0 Å². The first-order chi connectivity index (χ1) is 12.3. The molecular formula is C19H35N5O. The van der Waals surface area contributed by atoms with Crippen molar-refractivity contribution in [2.45, 2.75) is 65.3 Å². The van der Waals surface area contributed by atoms with E-state index in [1.54, 1.807) is 0 Å². The van der Waals surface area contributed by atoms with Gasteiger partial charge in [-0.15, -0.1) is 0 Å². The number of guanidine groups is 1. The summed E-state index contributed by atoms with van der Waals surface area (Å²) in [4.78, 5) is 9.42. The molecule has 142 valence electrons. The van der Waals surface area contributed by atoms with E-state index in [1.807, 2.05) is 6.92 Å². The Morgan fingerprint density at radius 1 is 1.24 bits per heavy atom. The van der Waals surface area contributed by atoms with E-state index in [9.17, 15) is 0 Å². The minimum absolute atomic E-state index is 0.776. The molecule has 0 aliphatic carbocycles. The lowest BCUT2D eigenvalue weighted by Crippen LogP contribution is -2.39. The number of aliphatic imine (C=N–C) groups is 1. The summed E-state index contributed by atoms with van der Waals surface area (Å²) in [5.41, 5.74) is 1.19. The lowest BCUT2D eigenvalue weighted by molar-refractivity contribution is 0.146. The average Bonchev–Trinajstić information content (AvgIpc) is 3.04. The lowest BCUT2D eigenvalue weighted by Gasteiger charge is -2.12. The summed E-state index contributed by atoms with van der Waals surface area (Å²) in [5, 5.41) is 6.87. The third-order valence-electron chi connectivity index (χ3n) is 4.38. The minimum Gasteiger partial charge on any atom is -0.382 e.